The zero-order valence-corrected chi connectivity index (χ0v) is 12.1. The highest BCUT2D eigenvalue weighted by atomic mass is 15.1. The number of nitrogens with one attached hydrogen (secondary N) is 1. The minimum atomic E-state index is 0.608. The third-order valence-electron chi connectivity index (χ3n) is 4.99. The van der Waals surface area contributed by atoms with Crippen molar-refractivity contribution in [2.75, 3.05) is 24.5 Å². The predicted octanol–water partition coefficient (Wildman–Crippen LogP) is 3.44. The molecule has 0 aromatic heterocycles. The summed E-state index contributed by atoms with van der Waals surface area (Å²) in [5.41, 5.74) is 1.99. The van der Waals surface area contributed by atoms with Crippen LogP contribution in [0.2, 0.25) is 0 Å². The largest absolute Gasteiger partial charge is 0.371 e. The Morgan fingerprint density at radius 3 is 2.42 bits per heavy atom. The molecule has 0 bridgehead atoms. The van der Waals surface area contributed by atoms with Crippen LogP contribution in [0.5, 0.6) is 0 Å². The maximum atomic E-state index is 3.81. The van der Waals surface area contributed by atoms with Crippen LogP contribution < -0.4 is 10.2 Å². The van der Waals surface area contributed by atoms with Crippen molar-refractivity contribution < 1.29 is 0 Å². The average Bonchev–Trinajstić information content (AvgIpc) is 2.45. The van der Waals surface area contributed by atoms with Crippen LogP contribution in [0.3, 0.4) is 0 Å². The van der Waals surface area contributed by atoms with Crippen LogP contribution in [0.15, 0.2) is 30.3 Å². The van der Waals surface area contributed by atoms with E-state index < -0.39 is 0 Å². The zero-order chi connectivity index (χ0) is 13.1. The molecule has 1 N–H and O–H groups in total. The number of nitrogens with zero attached hydrogens (tertiary/aromatic N) is 1. The molecule has 3 rings (SSSR count). The van der Waals surface area contributed by atoms with Gasteiger partial charge in [-0.05, 0) is 43.2 Å². The van der Waals surface area contributed by atoms with Gasteiger partial charge in [0.05, 0.1) is 0 Å². The molecular weight excluding hydrogens is 232 g/mol. The van der Waals surface area contributed by atoms with E-state index in [1.54, 1.807) is 0 Å². The predicted molar refractivity (Wildman–Crippen MR) is 81.6 cm³/mol. The first kappa shape index (κ1) is 13.0. The third-order valence-corrected chi connectivity index (χ3v) is 4.99. The molecule has 0 radical (unpaired) electrons. The molecule has 1 aliphatic carbocycles. The lowest BCUT2D eigenvalue weighted by atomic mass is 9.70. The summed E-state index contributed by atoms with van der Waals surface area (Å²) in [7, 11) is 0. The van der Waals surface area contributed by atoms with E-state index in [2.05, 4.69) is 47.5 Å². The Hall–Kier alpha value is -1.02. The summed E-state index contributed by atoms with van der Waals surface area (Å²) in [6, 6.07) is 11.6. The first-order valence-corrected chi connectivity index (χ1v) is 7.79. The van der Waals surface area contributed by atoms with Crippen molar-refractivity contribution in [3.63, 3.8) is 0 Å². The summed E-state index contributed by atoms with van der Waals surface area (Å²) in [6.45, 7) is 6.04. The molecule has 1 aromatic carbocycles. The molecule has 0 atom stereocenters. The summed E-state index contributed by atoms with van der Waals surface area (Å²) >= 11 is 0. The number of hydrogen-bond acceptors (Lipinski definition) is 2. The van der Waals surface area contributed by atoms with Gasteiger partial charge in [0, 0.05) is 31.4 Å². The van der Waals surface area contributed by atoms with Gasteiger partial charge in [0.2, 0.25) is 0 Å². The highest BCUT2D eigenvalue weighted by Crippen LogP contribution is 2.39. The second-order valence-electron chi connectivity index (χ2n) is 6.64. The Morgan fingerprint density at radius 2 is 1.84 bits per heavy atom. The molecule has 2 fully saturated rings. The molecule has 1 aliphatic heterocycles. The highest BCUT2D eigenvalue weighted by Gasteiger charge is 2.32. The number of rotatable bonds is 4. The molecule has 1 heterocycles. The van der Waals surface area contributed by atoms with Crippen LogP contribution in [-0.4, -0.2) is 25.7 Å². The average molecular weight is 258 g/mol. The topological polar surface area (TPSA) is 15.3 Å². The fourth-order valence-corrected chi connectivity index (χ4v) is 3.33. The lowest BCUT2D eigenvalue weighted by Gasteiger charge is -2.41. The van der Waals surface area contributed by atoms with Crippen molar-refractivity contribution in [3.8, 4) is 0 Å². The number of benzene rings is 1. The molecule has 104 valence electrons. The first-order valence-electron chi connectivity index (χ1n) is 7.79. The monoisotopic (exact) mass is 258 g/mol. The van der Waals surface area contributed by atoms with E-state index in [1.807, 2.05) is 0 Å². The van der Waals surface area contributed by atoms with Gasteiger partial charge in [-0.25, -0.2) is 0 Å². The van der Waals surface area contributed by atoms with E-state index >= 15 is 0 Å². The van der Waals surface area contributed by atoms with E-state index in [4.69, 9.17) is 0 Å². The summed E-state index contributed by atoms with van der Waals surface area (Å²) in [5, 5.41) is 3.81. The van der Waals surface area contributed by atoms with Gasteiger partial charge in [-0.1, -0.05) is 31.5 Å². The molecule has 2 heteroatoms. The van der Waals surface area contributed by atoms with Crippen molar-refractivity contribution in [3.05, 3.63) is 30.3 Å². The molecule has 1 saturated heterocycles. The van der Waals surface area contributed by atoms with Crippen LogP contribution in [-0.2, 0) is 0 Å². The van der Waals surface area contributed by atoms with E-state index in [-0.39, 0.29) is 0 Å². The second kappa shape index (κ2) is 5.54. The van der Waals surface area contributed by atoms with Crippen molar-refractivity contribution in [2.24, 2.45) is 5.41 Å². The summed E-state index contributed by atoms with van der Waals surface area (Å²) in [5.74, 6) is 0. The zero-order valence-electron chi connectivity index (χ0n) is 12.1. The number of hydrogen-bond donors (Lipinski definition) is 1. The minimum absolute atomic E-state index is 0.608. The van der Waals surface area contributed by atoms with E-state index in [0.29, 0.717) is 5.41 Å². The molecule has 2 nitrogen and oxygen atoms in total. The maximum absolute atomic E-state index is 3.81. The van der Waals surface area contributed by atoms with Crippen LogP contribution >= 0.6 is 0 Å². The lowest BCUT2D eigenvalue weighted by Crippen LogP contribution is -2.47. The molecule has 0 amide bonds. The van der Waals surface area contributed by atoms with E-state index in [1.165, 1.54) is 57.4 Å². The smallest absolute Gasteiger partial charge is 0.0366 e. The third kappa shape index (κ3) is 3.11. The van der Waals surface area contributed by atoms with Crippen LogP contribution in [0.1, 0.15) is 39.0 Å². The van der Waals surface area contributed by atoms with Gasteiger partial charge < -0.3 is 10.2 Å². The van der Waals surface area contributed by atoms with Crippen molar-refractivity contribution in [2.45, 2.75) is 45.1 Å². The molecule has 0 spiro atoms. The quantitative estimate of drug-likeness (QED) is 0.890. The van der Waals surface area contributed by atoms with E-state index in [0.717, 1.165) is 6.04 Å². The van der Waals surface area contributed by atoms with Gasteiger partial charge in [0.25, 0.3) is 0 Å². The number of anilines is 1. The Bertz CT molecular complexity index is 389. The molecule has 2 aliphatic rings. The van der Waals surface area contributed by atoms with Crippen molar-refractivity contribution >= 4 is 5.69 Å². The maximum Gasteiger partial charge on any atom is 0.0366 e. The normalized spacial score (nSPS) is 23.1. The summed E-state index contributed by atoms with van der Waals surface area (Å²) in [6.07, 6.45) is 6.84. The van der Waals surface area contributed by atoms with Crippen LogP contribution in [0, 0.1) is 5.41 Å². The fourth-order valence-electron chi connectivity index (χ4n) is 3.33. The number of piperidine rings is 1. The molecule has 1 saturated carbocycles. The molecular formula is C17H26N2. The SMILES string of the molecule is CC1(CNC2CCN(c3ccccc3)CC2)CCC1. The van der Waals surface area contributed by atoms with E-state index in [9.17, 15) is 0 Å². The standard InChI is InChI=1S/C17H26N2/c1-17(10-5-11-17)14-18-15-8-12-19(13-9-15)16-6-3-2-4-7-16/h2-4,6-7,15,18H,5,8-14H2,1H3. The minimum Gasteiger partial charge on any atom is -0.371 e. The van der Waals surface area contributed by atoms with Crippen molar-refractivity contribution in [1.82, 2.24) is 5.32 Å². The van der Waals surface area contributed by atoms with Gasteiger partial charge in [0.1, 0.15) is 0 Å². The fraction of sp³-hybridized carbons (Fsp3) is 0.647. The second-order valence-corrected chi connectivity index (χ2v) is 6.64. The Labute approximate surface area is 117 Å². The summed E-state index contributed by atoms with van der Waals surface area (Å²) < 4.78 is 0. The van der Waals surface area contributed by atoms with Gasteiger partial charge in [0.15, 0.2) is 0 Å². The van der Waals surface area contributed by atoms with Gasteiger partial charge in [-0.15, -0.1) is 0 Å². The molecule has 0 unspecified atom stereocenters. The van der Waals surface area contributed by atoms with Gasteiger partial charge in [-0.2, -0.15) is 0 Å². The van der Waals surface area contributed by atoms with Gasteiger partial charge >= 0.3 is 0 Å². The molecule has 19 heavy (non-hydrogen) atoms. The van der Waals surface area contributed by atoms with Crippen LogP contribution in [0.4, 0.5) is 5.69 Å². The van der Waals surface area contributed by atoms with Crippen LogP contribution in [0.25, 0.3) is 0 Å². The van der Waals surface area contributed by atoms with Crippen molar-refractivity contribution in [1.29, 1.82) is 0 Å². The Balaban J connectivity index is 1.44. The lowest BCUT2D eigenvalue weighted by molar-refractivity contribution is 0.148. The van der Waals surface area contributed by atoms with Gasteiger partial charge in [-0.3, -0.25) is 0 Å². The highest BCUT2D eigenvalue weighted by molar-refractivity contribution is 5.46. The first-order chi connectivity index (χ1) is 9.25. The molecule has 1 aromatic rings. The Morgan fingerprint density at radius 1 is 1.16 bits per heavy atom. The Kier molecular flexibility index (Phi) is 3.79. The number of para-hydroxylation sites is 1. The summed E-state index contributed by atoms with van der Waals surface area (Å²) in [4.78, 5) is 2.52.